The van der Waals surface area contributed by atoms with E-state index in [1.165, 1.54) is 12.1 Å². The van der Waals surface area contributed by atoms with Gasteiger partial charge < -0.3 is 10.2 Å². The molecule has 0 aliphatic rings. The predicted molar refractivity (Wildman–Crippen MR) is 91.6 cm³/mol. The van der Waals surface area contributed by atoms with Gasteiger partial charge in [-0.1, -0.05) is 57.5 Å². The SMILES string of the molecule is CC.CC.CC.O=S(=O)(NC(O)CO)c1ccc(Br)cc1. The lowest BCUT2D eigenvalue weighted by atomic mass is 10.4. The smallest absolute Gasteiger partial charge is 0.242 e. The summed E-state index contributed by atoms with van der Waals surface area (Å²) >= 11 is 3.17. The van der Waals surface area contributed by atoms with Crippen molar-refractivity contribution in [3.05, 3.63) is 28.7 Å². The van der Waals surface area contributed by atoms with E-state index in [4.69, 9.17) is 10.2 Å². The minimum Gasteiger partial charge on any atom is -0.392 e. The molecule has 1 rings (SSSR count). The second-order valence-corrected chi connectivity index (χ2v) is 5.40. The Kier molecular flexibility index (Phi) is 19.3. The fourth-order valence-corrected chi connectivity index (χ4v) is 2.23. The molecule has 0 saturated carbocycles. The molecular formula is C14H28BrNO4S. The van der Waals surface area contributed by atoms with E-state index in [1.807, 2.05) is 46.3 Å². The van der Waals surface area contributed by atoms with Crippen LogP contribution in [-0.2, 0) is 10.0 Å². The third-order valence-corrected chi connectivity index (χ3v) is 3.59. The zero-order valence-corrected chi connectivity index (χ0v) is 16.0. The third-order valence-electron chi connectivity index (χ3n) is 1.59. The fraction of sp³-hybridized carbons (Fsp3) is 0.571. The summed E-state index contributed by atoms with van der Waals surface area (Å²) in [7, 11) is -3.77. The molecule has 7 heteroatoms. The standard InChI is InChI=1S/C8H10BrNO4S.3C2H6/c9-6-1-3-7(4-2-6)15(13,14)10-8(12)5-11;3*1-2/h1-4,8,10-12H,5H2;3*1-2H3. The molecule has 5 nitrogen and oxygen atoms in total. The second-order valence-electron chi connectivity index (χ2n) is 2.77. The second kappa shape index (κ2) is 15.9. The van der Waals surface area contributed by atoms with E-state index in [9.17, 15) is 8.42 Å². The number of sulfonamides is 1. The Morgan fingerprint density at radius 2 is 1.43 bits per heavy atom. The van der Waals surface area contributed by atoms with Gasteiger partial charge in [0.05, 0.1) is 11.5 Å². The molecule has 0 spiro atoms. The quantitative estimate of drug-likeness (QED) is 0.694. The van der Waals surface area contributed by atoms with Gasteiger partial charge in [0.15, 0.2) is 0 Å². The molecule has 0 heterocycles. The number of hydrogen-bond donors (Lipinski definition) is 3. The zero-order valence-electron chi connectivity index (χ0n) is 13.6. The van der Waals surface area contributed by atoms with Gasteiger partial charge in [-0.15, -0.1) is 0 Å². The monoisotopic (exact) mass is 385 g/mol. The minimum absolute atomic E-state index is 0.0261. The number of hydrogen-bond acceptors (Lipinski definition) is 4. The van der Waals surface area contributed by atoms with Crippen molar-refractivity contribution < 1.29 is 18.6 Å². The first-order valence-corrected chi connectivity index (χ1v) is 9.30. The van der Waals surface area contributed by atoms with Crippen molar-refractivity contribution in [1.82, 2.24) is 4.72 Å². The number of aliphatic hydroxyl groups is 2. The number of benzene rings is 1. The summed E-state index contributed by atoms with van der Waals surface area (Å²) in [6, 6.07) is 5.91. The maximum atomic E-state index is 11.5. The normalized spacial score (nSPS) is 10.7. The molecule has 0 aliphatic carbocycles. The van der Waals surface area contributed by atoms with E-state index in [0.29, 0.717) is 0 Å². The van der Waals surface area contributed by atoms with Crippen LogP contribution in [0.1, 0.15) is 41.5 Å². The summed E-state index contributed by atoms with van der Waals surface area (Å²) in [5, 5.41) is 17.5. The molecule has 126 valence electrons. The van der Waals surface area contributed by atoms with E-state index in [2.05, 4.69) is 15.9 Å². The molecule has 3 N–H and O–H groups in total. The van der Waals surface area contributed by atoms with Crippen LogP contribution in [0.4, 0.5) is 0 Å². The highest BCUT2D eigenvalue weighted by molar-refractivity contribution is 9.10. The fourth-order valence-electron chi connectivity index (χ4n) is 0.898. The zero-order chi connectivity index (χ0) is 17.5. The van der Waals surface area contributed by atoms with Crippen molar-refractivity contribution in [2.75, 3.05) is 6.61 Å². The molecule has 1 aromatic carbocycles. The van der Waals surface area contributed by atoms with Gasteiger partial charge in [-0.2, -0.15) is 4.72 Å². The molecule has 0 fully saturated rings. The topological polar surface area (TPSA) is 86.6 Å². The van der Waals surface area contributed by atoms with Gasteiger partial charge >= 0.3 is 0 Å². The highest BCUT2D eigenvalue weighted by atomic mass is 79.9. The Morgan fingerprint density at radius 3 is 1.76 bits per heavy atom. The van der Waals surface area contributed by atoms with Crippen molar-refractivity contribution >= 4 is 26.0 Å². The third kappa shape index (κ3) is 11.8. The van der Waals surface area contributed by atoms with Crippen molar-refractivity contribution in [2.45, 2.75) is 52.7 Å². The summed E-state index contributed by atoms with van der Waals surface area (Å²) in [4.78, 5) is 0.0261. The first-order valence-electron chi connectivity index (χ1n) is 7.02. The lowest BCUT2D eigenvalue weighted by Crippen LogP contribution is -2.37. The average molecular weight is 386 g/mol. The van der Waals surface area contributed by atoms with Gasteiger partial charge in [-0.3, -0.25) is 0 Å². The number of rotatable bonds is 4. The summed E-state index contributed by atoms with van der Waals surface area (Å²) < 4.78 is 25.7. The van der Waals surface area contributed by atoms with E-state index in [1.54, 1.807) is 12.1 Å². The number of nitrogens with one attached hydrogen (secondary N) is 1. The Balaban J connectivity index is -0.000000478. The van der Waals surface area contributed by atoms with Gasteiger partial charge in [-0.05, 0) is 24.3 Å². The van der Waals surface area contributed by atoms with Crippen LogP contribution in [0.25, 0.3) is 0 Å². The van der Waals surface area contributed by atoms with Crippen molar-refractivity contribution in [3.8, 4) is 0 Å². The lowest BCUT2D eigenvalue weighted by molar-refractivity contribution is 0.0868. The van der Waals surface area contributed by atoms with E-state index >= 15 is 0 Å². The summed E-state index contributed by atoms with van der Waals surface area (Å²) in [6.07, 6.45) is -1.49. The molecule has 0 aromatic heterocycles. The molecule has 1 unspecified atom stereocenters. The number of aliphatic hydroxyl groups excluding tert-OH is 2. The molecule has 0 saturated heterocycles. The van der Waals surface area contributed by atoms with Crippen molar-refractivity contribution in [1.29, 1.82) is 0 Å². The van der Waals surface area contributed by atoms with Crippen molar-refractivity contribution in [3.63, 3.8) is 0 Å². The first-order chi connectivity index (χ1) is 9.95. The van der Waals surface area contributed by atoms with Crippen LogP contribution in [-0.4, -0.2) is 31.5 Å². The molecular weight excluding hydrogens is 358 g/mol. The molecule has 0 bridgehead atoms. The van der Waals surface area contributed by atoms with Gasteiger partial charge in [-0.25, -0.2) is 8.42 Å². The molecule has 0 aliphatic heterocycles. The van der Waals surface area contributed by atoms with Gasteiger partial charge in [0.25, 0.3) is 0 Å². The summed E-state index contributed by atoms with van der Waals surface area (Å²) in [5.41, 5.74) is 0. The maximum absolute atomic E-state index is 11.5. The molecule has 0 radical (unpaired) electrons. The molecule has 0 amide bonds. The Bertz CT molecular complexity index is 421. The van der Waals surface area contributed by atoms with Gasteiger partial charge in [0.1, 0.15) is 6.23 Å². The minimum atomic E-state index is -3.77. The van der Waals surface area contributed by atoms with Crippen LogP contribution < -0.4 is 4.72 Å². The Hall–Kier alpha value is -0.470. The number of halogens is 1. The maximum Gasteiger partial charge on any atom is 0.242 e. The van der Waals surface area contributed by atoms with Crippen LogP contribution in [0.15, 0.2) is 33.6 Å². The van der Waals surface area contributed by atoms with E-state index in [-0.39, 0.29) is 4.90 Å². The summed E-state index contributed by atoms with van der Waals surface area (Å²) in [6.45, 7) is 11.3. The van der Waals surface area contributed by atoms with Crippen molar-refractivity contribution in [2.24, 2.45) is 0 Å². The molecule has 1 atom stereocenters. The van der Waals surface area contributed by atoms with Crippen LogP contribution in [0.2, 0.25) is 0 Å². The highest BCUT2D eigenvalue weighted by Gasteiger charge is 2.17. The molecule has 21 heavy (non-hydrogen) atoms. The Morgan fingerprint density at radius 1 is 1.05 bits per heavy atom. The lowest BCUT2D eigenvalue weighted by Gasteiger charge is -2.10. The van der Waals surface area contributed by atoms with Gasteiger partial charge in [0.2, 0.25) is 10.0 Å². The van der Waals surface area contributed by atoms with E-state index in [0.717, 1.165) is 4.47 Å². The van der Waals surface area contributed by atoms with Crippen LogP contribution in [0.5, 0.6) is 0 Å². The summed E-state index contributed by atoms with van der Waals surface area (Å²) in [5.74, 6) is 0. The molecule has 1 aromatic rings. The predicted octanol–water partition coefficient (Wildman–Crippen LogP) is 3.12. The largest absolute Gasteiger partial charge is 0.392 e. The van der Waals surface area contributed by atoms with Gasteiger partial charge in [0, 0.05) is 4.47 Å². The Labute approximate surface area is 137 Å². The van der Waals surface area contributed by atoms with Crippen LogP contribution in [0, 0.1) is 0 Å². The highest BCUT2D eigenvalue weighted by Crippen LogP contribution is 2.14. The average Bonchev–Trinajstić information content (AvgIpc) is 2.53. The van der Waals surface area contributed by atoms with Crippen LogP contribution in [0.3, 0.4) is 0 Å². The first kappa shape index (κ1) is 25.5. The van der Waals surface area contributed by atoms with Crippen LogP contribution >= 0.6 is 15.9 Å². The van der Waals surface area contributed by atoms with E-state index < -0.39 is 22.9 Å².